The molecule has 8 aromatic rings. The van der Waals surface area contributed by atoms with E-state index in [1.165, 1.54) is 42.7 Å². The average molecular weight is 606 g/mol. The van der Waals surface area contributed by atoms with Crippen molar-refractivity contribution in [3.8, 4) is 39.6 Å². The molecular formula is C42H27N3S. The molecule has 0 saturated heterocycles. The number of fused-ring (bicyclic) bond motifs is 6. The van der Waals surface area contributed by atoms with Crippen LogP contribution in [0.25, 0.3) is 73.5 Å². The first-order chi connectivity index (χ1) is 22.8. The van der Waals surface area contributed by atoms with Gasteiger partial charge >= 0.3 is 0 Å². The summed E-state index contributed by atoms with van der Waals surface area (Å²) < 4.78 is 2.40. The summed E-state index contributed by atoms with van der Waals surface area (Å²) in [7, 11) is 0. The van der Waals surface area contributed by atoms with Gasteiger partial charge in [-0.05, 0) is 47.5 Å². The molecule has 0 spiro atoms. The number of para-hydroxylation sites is 1. The van der Waals surface area contributed by atoms with Crippen molar-refractivity contribution in [3.63, 3.8) is 0 Å². The minimum absolute atomic E-state index is 0.715. The third kappa shape index (κ3) is 4.54. The lowest BCUT2D eigenvalue weighted by molar-refractivity contribution is 1.16. The van der Waals surface area contributed by atoms with Crippen molar-refractivity contribution in [3.05, 3.63) is 163 Å². The van der Waals surface area contributed by atoms with Crippen LogP contribution in [-0.4, -0.2) is 14.5 Å². The molecule has 0 unspecified atom stereocenters. The molecule has 0 amide bonds. The zero-order valence-electron chi connectivity index (χ0n) is 24.8. The molecule has 6 aromatic carbocycles. The lowest BCUT2D eigenvalue weighted by atomic mass is 10.1. The van der Waals surface area contributed by atoms with Gasteiger partial charge in [-0.2, -0.15) is 0 Å². The van der Waals surface area contributed by atoms with E-state index >= 15 is 0 Å². The van der Waals surface area contributed by atoms with Crippen LogP contribution < -0.4 is 0 Å². The molecule has 0 radical (unpaired) electrons. The molecule has 0 bridgehead atoms. The van der Waals surface area contributed by atoms with Crippen molar-refractivity contribution in [1.82, 2.24) is 14.5 Å². The van der Waals surface area contributed by atoms with Crippen molar-refractivity contribution in [2.75, 3.05) is 0 Å². The van der Waals surface area contributed by atoms with Crippen molar-refractivity contribution < 1.29 is 0 Å². The Hall–Kier alpha value is -5.71. The molecule has 0 saturated carbocycles. The van der Waals surface area contributed by atoms with Crippen LogP contribution in [0.3, 0.4) is 0 Å². The fourth-order valence-corrected chi connectivity index (χ4v) is 7.63. The number of aromatic nitrogens is 3. The quantitative estimate of drug-likeness (QED) is 0.200. The topological polar surface area (TPSA) is 30.7 Å². The van der Waals surface area contributed by atoms with Crippen LogP contribution in [0.5, 0.6) is 0 Å². The average Bonchev–Trinajstić information content (AvgIpc) is 3.35. The second-order valence-electron chi connectivity index (χ2n) is 11.4. The standard InChI is InChI=1S/C42H27N3S/c1-3-12-28(13-4-1)35-27-36(44-42(43-35)31-15-5-2-6-16-31)32-17-11-18-33(26-32)45-37-20-9-8-19-34(37)40-38(45)25-24-30-23-22-29-14-7-10-21-39(29)46-41(30)40/h1-27H. The largest absolute Gasteiger partial charge is 0.309 e. The zero-order chi connectivity index (χ0) is 30.5. The van der Waals surface area contributed by atoms with Crippen molar-refractivity contribution >= 4 is 45.7 Å². The van der Waals surface area contributed by atoms with Gasteiger partial charge in [-0.1, -0.05) is 139 Å². The van der Waals surface area contributed by atoms with Gasteiger partial charge in [-0.25, -0.2) is 9.97 Å². The minimum Gasteiger partial charge on any atom is -0.309 e. The highest BCUT2D eigenvalue weighted by molar-refractivity contribution is 7.99. The number of rotatable bonds is 4. The SMILES string of the molecule is C1=Cc2ccc3c(c2Sc2ccccc21)c1ccccc1n3-c1cccc(-c2cc(-c3ccccc3)nc(-c3ccccc3)n2)c1. The predicted octanol–water partition coefficient (Wildman–Crippen LogP) is 11.2. The van der Waals surface area contributed by atoms with Gasteiger partial charge in [0.2, 0.25) is 0 Å². The van der Waals surface area contributed by atoms with Crippen molar-refractivity contribution in [2.45, 2.75) is 9.79 Å². The second-order valence-corrected chi connectivity index (χ2v) is 12.5. The van der Waals surface area contributed by atoms with Gasteiger partial charge in [0.05, 0.1) is 22.4 Å². The van der Waals surface area contributed by atoms with E-state index in [0.29, 0.717) is 5.82 Å². The van der Waals surface area contributed by atoms with Crippen LogP contribution in [0.2, 0.25) is 0 Å². The van der Waals surface area contributed by atoms with Gasteiger partial charge in [-0.3, -0.25) is 0 Å². The Bertz CT molecular complexity index is 2380. The molecule has 3 nitrogen and oxygen atoms in total. The highest BCUT2D eigenvalue weighted by Gasteiger charge is 2.20. The lowest BCUT2D eigenvalue weighted by Crippen LogP contribution is -1.98. The highest BCUT2D eigenvalue weighted by Crippen LogP contribution is 2.45. The van der Waals surface area contributed by atoms with Crippen LogP contribution in [0, 0.1) is 0 Å². The maximum atomic E-state index is 5.10. The van der Waals surface area contributed by atoms with Gasteiger partial charge in [-0.15, -0.1) is 0 Å². The van der Waals surface area contributed by atoms with Gasteiger partial charge in [0.1, 0.15) is 0 Å². The number of nitrogens with zero attached hydrogens (tertiary/aromatic N) is 3. The third-order valence-corrected chi connectivity index (χ3v) is 9.86. The Morgan fingerprint density at radius 2 is 1.15 bits per heavy atom. The Balaban J connectivity index is 1.24. The van der Waals surface area contributed by atoms with E-state index in [0.717, 1.165) is 33.8 Å². The van der Waals surface area contributed by atoms with Crippen LogP contribution in [0.15, 0.2) is 161 Å². The van der Waals surface area contributed by atoms with Gasteiger partial charge in [0.15, 0.2) is 5.82 Å². The number of hydrogen-bond acceptors (Lipinski definition) is 3. The molecule has 216 valence electrons. The summed E-state index contributed by atoms with van der Waals surface area (Å²) in [6, 6.07) is 53.3. The van der Waals surface area contributed by atoms with E-state index in [2.05, 4.69) is 144 Å². The summed E-state index contributed by atoms with van der Waals surface area (Å²) in [5, 5.41) is 2.53. The van der Waals surface area contributed by atoms with Crippen molar-refractivity contribution in [1.29, 1.82) is 0 Å². The molecule has 0 aliphatic carbocycles. The van der Waals surface area contributed by atoms with E-state index in [1.807, 2.05) is 36.0 Å². The summed E-state index contributed by atoms with van der Waals surface area (Å²) >= 11 is 1.86. The Morgan fingerprint density at radius 3 is 2.00 bits per heavy atom. The fourth-order valence-electron chi connectivity index (χ4n) is 6.44. The smallest absolute Gasteiger partial charge is 0.160 e. The van der Waals surface area contributed by atoms with Crippen LogP contribution in [0.4, 0.5) is 0 Å². The Kier molecular flexibility index (Phi) is 6.39. The summed E-state index contributed by atoms with van der Waals surface area (Å²) in [6.45, 7) is 0. The first kappa shape index (κ1) is 26.7. The molecule has 0 atom stereocenters. The Morgan fingerprint density at radius 1 is 0.478 bits per heavy atom. The second kappa shape index (κ2) is 11.0. The van der Waals surface area contributed by atoms with E-state index in [4.69, 9.17) is 9.97 Å². The van der Waals surface area contributed by atoms with E-state index in [1.54, 1.807) is 0 Å². The zero-order valence-corrected chi connectivity index (χ0v) is 25.7. The monoisotopic (exact) mass is 605 g/mol. The maximum absolute atomic E-state index is 5.10. The van der Waals surface area contributed by atoms with Crippen LogP contribution in [-0.2, 0) is 0 Å². The fraction of sp³-hybridized carbons (Fsp3) is 0. The third-order valence-electron chi connectivity index (χ3n) is 8.62. The first-order valence-electron chi connectivity index (χ1n) is 15.4. The summed E-state index contributed by atoms with van der Waals surface area (Å²) in [5.41, 5.74) is 10.9. The molecule has 0 fully saturated rings. The minimum atomic E-state index is 0.715. The number of hydrogen-bond donors (Lipinski definition) is 0. The van der Waals surface area contributed by atoms with Gasteiger partial charge in [0, 0.05) is 42.9 Å². The van der Waals surface area contributed by atoms with Crippen LogP contribution >= 0.6 is 11.8 Å². The van der Waals surface area contributed by atoms with E-state index in [9.17, 15) is 0 Å². The molecule has 9 rings (SSSR count). The summed E-state index contributed by atoms with van der Waals surface area (Å²) in [5.74, 6) is 0.715. The molecule has 4 heteroatoms. The molecule has 2 aromatic heterocycles. The summed E-state index contributed by atoms with van der Waals surface area (Å²) in [6.07, 6.45) is 4.49. The molecule has 0 N–H and O–H groups in total. The first-order valence-corrected chi connectivity index (χ1v) is 16.2. The van der Waals surface area contributed by atoms with Crippen LogP contribution in [0.1, 0.15) is 11.1 Å². The predicted molar refractivity (Wildman–Crippen MR) is 192 cm³/mol. The molecular weight excluding hydrogens is 579 g/mol. The Labute approximate surface area is 271 Å². The lowest BCUT2D eigenvalue weighted by Gasteiger charge is -2.13. The van der Waals surface area contributed by atoms with Crippen molar-refractivity contribution in [2.24, 2.45) is 0 Å². The summed E-state index contributed by atoms with van der Waals surface area (Å²) in [4.78, 5) is 12.7. The van der Waals surface area contributed by atoms with Gasteiger partial charge < -0.3 is 4.57 Å². The number of benzene rings is 6. The molecule has 1 aliphatic rings. The molecule has 46 heavy (non-hydrogen) atoms. The molecule has 1 aliphatic heterocycles. The van der Waals surface area contributed by atoms with E-state index < -0.39 is 0 Å². The normalized spacial score (nSPS) is 12.2. The molecule has 3 heterocycles. The van der Waals surface area contributed by atoms with Gasteiger partial charge in [0.25, 0.3) is 0 Å². The highest BCUT2D eigenvalue weighted by atomic mass is 32.2. The van der Waals surface area contributed by atoms with E-state index in [-0.39, 0.29) is 0 Å². The maximum Gasteiger partial charge on any atom is 0.160 e.